The summed E-state index contributed by atoms with van der Waals surface area (Å²) in [4.78, 5) is 29.3. The molecule has 3 aromatic rings. The number of nitrogens with one attached hydrogen (secondary N) is 1. The van der Waals surface area contributed by atoms with Crippen molar-refractivity contribution in [2.45, 2.75) is 39.9 Å². The molecule has 188 valence electrons. The van der Waals surface area contributed by atoms with Gasteiger partial charge in [0, 0.05) is 36.6 Å². The van der Waals surface area contributed by atoms with Crippen molar-refractivity contribution in [1.29, 1.82) is 0 Å². The van der Waals surface area contributed by atoms with E-state index in [0.717, 1.165) is 41.9 Å². The third-order valence-corrected chi connectivity index (χ3v) is 6.41. The van der Waals surface area contributed by atoms with Gasteiger partial charge in [0.1, 0.15) is 0 Å². The van der Waals surface area contributed by atoms with E-state index >= 15 is 0 Å². The van der Waals surface area contributed by atoms with Crippen molar-refractivity contribution in [3.63, 3.8) is 0 Å². The third kappa shape index (κ3) is 5.53. The lowest BCUT2D eigenvalue weighted by atomic mass is 9.99. The minimum absolute atomic E-state index is 0.0674. The molecule has 1 aliphatic rings. The van der Waals surface area contributed by atoms with Gasteiger partial charge in [-0.1, -0.05) is 17.7 Å². The molecule has 0 spiro atoms. The Morgan fingerprint density at radius 3 is 2.11 bits per heavy atom. The predicted molar refractivity (Wildman–Crippen MR) is 134 cm³/mol. The molecule has 1 heterocycles. The largest absolute Gasteiger partial charge is 0.416 e. The highest BCUT2D eigenvalue weighted by molar-refractivity contribution is 6.04. The lowest BCUT2D eigenvalue weighted by molar-refractivity contribution is -0.137. The number of halogens is 3. The highest BCUT2D eigenvalue weighted by Crippen LogP contribution is 2.29. The first-order valence-electron chi connectivity index (χ1n) is 11.7. The fourth-order valence-corrected chi connectivity index (χ4v) is 4.56. The van der Waals surface area contributed by atoms with Gasteiger partial charge in [-0.05, 0) is 92.4 Å². The number of rotatable bonds is 5. The van der Waals surface area contributed by atoms with E-state index in [4.69, 9.17) is 0 Å². The first kappa shape index (κ1) is 25.3. The van der Waals surface area contributed by atoms with Gasteiger partial charge in [0.2, 0.25) is 0 Å². The maximum Gasteiger partial charge on any atom is 0.416 e. The summed E-state index contributed by atoms with van der Waals surface area (Å²) >= 11 is 0. The molecular formula is C28H28F3N3O2. The molecule has 0 saturated carbocycles. The Kier molecular flexibility index (Phi) is 7.06. The van der Waals surface area contributed by atoms with Crippen molar-refractivity contribution >= 4 is 23.3 Å². The Bertz CT molecular complexity index is 1250. The summed E-state index contributed by atoms with van der Waals surface area (Å²) in [5, 5.41) is 2.68. The van der Waals surface area contributed by atoms with E-state index in [1.54, 1.807) is 29.2 Å². The molecule has 1 saturated heterocycles. The van der Waals surface area contributed by atoms with Gasteiger partial charge in [-0.3, -0.25) is 9.69 Å². The van der Waals surface area contributed by atoms with Crippen LogP contribution in [0.4, 0.5) is 29.3 Å². The molecular weight excluding hydrogens is 467 g/mol. The molecule has 0 unspecified atom stereocenters. The third-order valence-electron chi connectivity index (χ3n) is 6.41. The van der Waals surface area contributed by atoms with Crippen LogP contribution in [-0.4, -0.2) is 29.9 Å². The highest BCUT2D eigenvalue weighted by atomic mass is 19.4. The highest BCUT2D eigenvalue weighted by Gasteiger charge is 2.30. The summed E-state index contributed by atoms with van der Waals surface area (Å²) in [5.74, 6) is -0.513. The van der Waals surface area contributed by atoms with Crippen molar-refractivity contribution in [3.8, 4) is 0 Å². The average molecular weight is 496 g/mol. The van der Waals surface area contributed by atoms with E-state index in [-0.39, 0.29) is 11.6 Å². The molecule has 0 aliphatic carbocycles. The van der Waals surface area contributed by atoms with E-state index < -0.39 is 17.6 Å². The minimum Gasteiger partial charge on any atom is -0.322 e. The maximum absolute atomic E-state index is 13.3. The summed E-state index contributed by atoms with van der Waals surface area (Å²) in [6, 6.07) is 15.1. The summed E-state index contributed by atoms with van der Waals surface area (Å²) in [5.41, 5.74) is 5.22. The Hall–Kier alpha value is -3.81. The van der Waals surface area contributed by atoms with Crippen LogP contribution in [0, 0.1) is 20.8 Å². The number of aryl methyl sites for hydroxylation is 3. The normalized spacial score (nSPS) is 14.2. The standard InChI is InChI=1S/C28H28F3N3O2/c1-18-15-19(2)25(20(3)16-18)17-33-13-4-14-34(27(33)36)24-11-9-23(10-12-24)32-26(35)21-5-7-22(8-6-21)28(29,30)31/h5-12,15-16H,4,13-14,17H2,1-3H3,(H,32,35). The molecule has 0 bridgehead atoms. The second-order valence-corrected chi connectivity index (χ2v) is 9.16. The molecule has 3 amide bonds. The number of anilines is 2. The van der Waals surface area contributed by atoms with Crippen molar-refractivity contribution in [3.05, 3.63) is 94.0 Å². The number of urea groups is 1. The number of carbonyl (C=O) groups excluding carboxylic acids is 2. The maximum atomic E-state index is 13.3. The number of hydrogen-bond acceptors (Lipinski definition) is 2. The molecule has 1 aliphatic heterocycles. The molecule has 0 radical (unpaired) electrons. The van der Waals surface area contributed by atoms with E-state index in [1.165, 1.54) is 16.7 Å². The zero-order chi connectivity index (χ0) is 26.0. The van der Waals surface area contributed by atoms with E-state index in [1.807, 2.05) is 4.90 Å². The topological polar surface area (TPSA) is 52.6 Å². The predicted octanol–water partition coefficient (Wildman–Crippen LogP) is 6.72. The average Bonchev–Trinajstić information content (AvgIpc) is 2.82. The van der Waals surface area contributed by atoms with Gasteiger partial charge in [-0.25, -0.2) is 4.79 Å². The lowest BCUT2D eigenvalue weighted by Crippen LogP contribution is -2.49. The quantitative estimate of drug-likeness (QED) is 0.427. The molecule has 0 atom stereocenters. The number of benzene rings is 3. The van der Waals surface area contributed by atoms with Crippen LogP contribution in [0.25, 0.3) is 0 Å². The molecule has 8 heteroatoms. The van der Waals surface area contributed by atoms with Crippen molar-refractivity contribution in [2.75, 3.05) is 23.3 Å². The van der Waals surface area contributed by atoms with Crippen LogP contribution in [-0.2, 0) is 12.7 Å². The Morgan fingerprint density at radius 1 is 0.917 bits per heavy atom. The zero-order valence-electron chi connectivity index (χ0n) is 20.4. The van der Waals surface area contributed by atoms with Gasteiger partial charge in [0.15, 0.2) is 0 Å². The van der Waals surface area contributed by atoms with Gasteiger partial charge in [0.25, 0.3) is 5.91 Å². The summed E-state index contributed by atoms with van der Waals surface area (Å²) < 4.78 is 38.2. The number of amides is 3. The van der Waals surface area contributed by atoms with Crippen LogP contribution in [0.5, 0.6) is 0 Å². The number of nitrogens with zero attached hydrogens (tertiary/aromatic N) is 2. The van der Waals surface area contributed by atoms with Gasteiger partial charge >= 0.3 is 12.2 Å². The molecule has 36 heavy (non-hydrogen) atoms. The van der Waals surface area contributed by atoms with Crippen molar-refractivity contribution in [2.24, 2.45) is 0 Å². The van der Waals surface area contributed by atoms with Crippen LogP contribution in [0.3, 0.4) is 0 Å². The second kappa shape index (κ2) is 10.0. The summed E-state index contributed by atoms with van der Waals surface area (Å²) in [6.07, 6.45) is -3.62. The van der Waals surface area contributed by atoms with Crippen LogP contribution in [0.2, 0.25) is 0 Å². The number of hydrogen-bond donors (Lipinski definition) is 1. The van der Waals surface area contributed by atoms with E-state index in [9.17, 15) is 22.8 Å². The fraction of sp³-hybridized carbons (Fsp3) is 0.286. The second-order valence-electron chi connectivity index (χ2n) is 9.16. The van der Waals surface area contributed by atoms with Gasteiger partial charge in [-0.2, -0.15) is 13.2 Å². The molecule has 5 nitrogen and oxygen atoms in total. The Morgan fingerprint density at radius 2 is 1.53 bits per heavy atom. The molecule has 3 aromatic carbocycles. The van der Waals surface area contributed by atoms with Gasteiger partial charge < -0.3 is 10.2 Å². The molecule has 0 aromatic heterocycles. The first-order chi connectivity index (χ1) is 17.0. The van der Waals surface area contributed by atoms with E-state index in [2.05, 4.69) is 38.2 Å². The molecule has 1 N–H and O–H groups in total. The van der Waals surface area contributed by atoms with E-state index in [0.29, 0.717) is 25.3 Å². The monoisotopic (exact) mass is 495 g/mol. The zero-order valence-corrected chi connectivity index (χ0v) is 20.4. The minimum atomic E-state index is -4.45. The number of carbonyl (C=O) groups is 2. The summed E-state index contributed by atoms with van der Waals surface area (Å²) in [6.45, 7) is 8.03. The number of alkyl halides is 3. The van der Waals surface area contributed by atoms with Crippen LogP contribution in [0.15, 0.2) is 60.7 Å². The van der Waals surface area contributed by atoms with Crippen LogP contribution in [0.1, 0.15) is 44.6 Å². The first-order valence-corrected chi connectivity index (χ1v) is 11.7. The van der Waals surface area contributed by atoms with Crippen LogP contribution < -0.4 is 10.2 Å². The van der Waals surface area contributed by atoms with Crippen molar-refractivity contribution in [1.82, 2.24) is 4.90 Å². The fourth-order valence-electron chi connectivity index (χ4n) is 4.56. The van der Waals surface area contributed by atoms with Gasteiger partial charge in [-0.15, -0.1) is 0 Å². The lowest BCUT2D eigenvalue weighted by Gasteiger charge is -2.36. The Balaban J connectivity index is 1.43. The van der Waals surface area contributed by atoms with Gasteiger partial charge in [0.05, 0.1) is 5.56 Å². The molecule has 4 rings (SSSR count). The smallest absolute Gasteiger partial charge is 0.322 e. The molecule has 1 fully saturated rings. The van der Waals surface area contributed by atoms with Crippen LogP contribution >= 0.6 is 0 Å². The SMILES string of the molecule is Cc1cc(C)c(CN2CCCN(c3ccc(NC(=O)c4ccc(C(F)(F)F)cc4)cc3)C2=O)c(C)c1. The summed E-state index contributed by atoms with van der Waals surface area (Å²) in [7, 11) is 0. The van der Waals surface area contributed by atoms with Crippen molar-refractivity contribution < 1.29 is 22.8 Å². The Labute approximate surface area is 208 Å².